The number of aliphatic carboxylic acids is 2. The van der Waals surface area contributed by atoms with Crippen LogP contribution < -0.4 is 9.47 Å². The minimum Gasteiger partial charge on any atom is -0.493 e. The number of benzene rings is 4. The molecule has 2 N–H and O–H groups in total. The standard InChI is InChI=1S/C26H29FN2O5.C25H26F2N2O5/c1-4-14-33-29-17(2)23(26(30)31)16-19-5-11-22(12-6-19)32-15-13-24-18(3)34-25(28-24)20-7-9-21(27)10-8-20;1-16(29-33-14-12-26)22(25(30)31)15-18-3-9-21(10-4-18)32-13-11-23-17(2)34-24(28-23)19-5-7-20(27)8-6-19/h5-12,23H,4,13-16H2,1-3H3,(H,30,31);3-10,22H,11-15H2,1-2H3,(H,30,31). The van der Waals surface area contributed by atoms with Gasteiger partial charge in [0.05, 0.1) is 36.0 Å². The largest absolute Gasteiger partial charge is 0.493 e. The third kappa shape index (κ3) is 15.9. The lowest BCUT2D eigenvalue weighted by atomic mass is 9.95. The number of rotatable bonds is 24. The summed E-state index contributed by atoms with van der Waals surface area (Å²) in [5.74, 6) is -0.695. The van der Waals surface area contributed by atoms with E-state index < -0.39 is 30.4 Å². The molecule has 0 aliphatic heterocycles. The van der Waals surface area contributed by atoms with Crippen molar-refractivity contribution >= 4 is 23.4 Å². The average molecular weight is 941 g/mol. The van der Waals surface area contributed by atoms with Crippen LogP contribution in [0.3, 0.4) is 0 Å². The van der Waals surface area contributed by atoms with E-state index in [-0.39, 0.29) is 30.4 Å². The number of carboxylic acid groups (broad SMARTS) is 2. The van der Waals surface area contributed by atoms with E-state index >= 15 is 0 Å². The molecule has 0 saturated carbocycles. The van der Waals surface area contributed by atoms with E-state index in [9.17, 15) is 33.0 Å². The van der Waals surface area contributed by atoms with Gasteiger partial charge in [-0.05, 0) is 131 Å². The lowest BCUT2D eigenvalue weighted by molar-refractivity contribution is -0.140. The highest BCUT2D eigenvalue weighted by molar-refractivity contribution is 6.00. The molecule has 0 amide bonds. The third-order valence-electron chi connectivity index (χ3n) is 10.4. The molecule has 0 radical (unpaired) electrons. The molecule has 14 nitrogen and oxygen atoms in total. The van der Waals surface area contributed by atoms with E-state index in [0.29, 0.717) is 90.7 Å². The van der Waals surface area contributed by atoms with Crippen molar-refractivity contribution in [3.05, 3.63) is 143 Å². The predicted molar refractivity (Wildman–Crippen MR) is 249 cm³/mol. The molecule has 0 bridgehead atoms. The van der Waals surface area contributed by atoms with E-state index in [0.717, 1.165) is 28.9 Å². The normalized spacial score (nSPS) is 12.4. The summed E-state index contributed by atoms with van der Waals surface area (Å²) >= 11 is 0. The Balaban J connectivity index is 0.000000254. The maximum absolute atomic E-state index is 13.1. The van der Waals surface area contributed by atoms with Gasteiger partial charge < -0.3 is 38.2 Å². The van der Waals surface area contributed by atoms with Crippen molar-refractivity contribution in [1.29, 1.82) is 0 Å². The number of ether oxygens (including phenoxy) is 2. The van der Waals surface area contributed by atoms with Crippen molar-refractivity contribution < 1.29 is 61.0 Å². The first-order valence-electron chi connectivity index (χ1n) is 22.0. The molecule has 0 aliphatic rings. The van der Waals surface area contributed by atoms with Gasteiger partial charge in [-0.3, -0.25) is 9.59 Å². The molecular formula is C51H55F3N4O10. The lowest BCUT2D eigenvalue weighted by Gasteiger charge is -2.13. The van der Waals surface area contributed by atoms with Gasteiger partial charge in [0, 0.05) is 24.0 Å². The fraction of sp³-hybridized carbons (Fsp3) is 0.333. The highest BCUT2D eigenvalue weighted by Crippen LogP contribution is 2.25. The molecule has 0 spiro atoms. The van der Waals surface area contributed by atoms with E-state index in [2.05, 4.69) is 20.3 Å². The zero-order valence-electron chi connectivity index (χ0n) is 38.5. The molecule has 6 aromatic rings. The number of oxazole rings is 2. The SMILES string of the molecule is CC(=NOCCF)C(Cc1ccc(OCCc2nc(-c3ccc(F)cc3)oc2C)cc1)C(=O)O.CCCON=C(C)C(Cc1ccc(OCCc2nc(-c3ccc(F)cc3)oc2C)cc1)C(=O)O. The average Bonchev–Trinajstić information content (AvgIpc) is 3.89. The summed E-state index contributed by atoms with van der Waals surface area (Å²) in [7, 11) is 0. The quantitative estimate of drug-likeness (QED) is 0.0332. The number of halogens is 3. The molecule has 2 unspecified atom stereocenters. The molecule has 68 heavy (non-hydrogen) atoms. The van der Waals surface area contributed by atoms with E-state index in [1.165, 1.54) is 24.3 Å². The van der Waals surface area contributed by atoms with Gasteiger partial charge in [0.1, 0.15) is 66.4 Å². The zero-order valence-corrected chi connectivity index (χ0v) is 38.5. The Morgan fingerprint density at radius 2 is 0.985 bits per heavy atom. The molecule has 0 fully saturated rings. The van der Waals surface area contributed by atoms with Crippen LogP contribution in [0.5, 0.6) is 11.5 Å². The first-order valence-corrected chi connectivity index (χ1v) is 22.0. The van der Waals surface area contributed by atoms with Crippen LogP contribution in [0.15, 0.2) is 116 Å². The van der Waals surface area contributed by atoms with E-state index in [4.69, 9.17) is 28.0 Å². The summed E-state index contributed by atoms with van der Waals surface area (Å²) in [6.07, 6.45) is 2.40. The Bertz CT molecular complexity index is 2400. The zero-order chi connectivity index (χ0) is 49.0. The topological polar surface area (TPSA) is 188 Å². The van der Waals surface area contributed by atoms with Gasteiger partial charge in [-0.15, -0.1) is 0 Å². The van der Waals surface area contributed by atoms with Crippen molar-refractivity contribution in [2.24, 2.45) is 22.1 Å². The van der Waals surface area contributed by atoms with Crippen molar-refractivity contribution in [2.75, 3.05) is 33.1 Å². The van der Waals surface area contributed by atoms with Crippen LogP contribution in [0.2, 0.25) is 0 Å². The minimum absolute atomic E-state index is 0.211. The predicted octanol–water partition coefficient (Wildman–Crippen LogP) is 10.5. The highest BCUT2D eigenvalue weighted by atomic mass is 19.1. The number of aromatic nitrogens is 2. The van der Waals surface area contributed by atoms with Gasteiger partial charge in [0.15, 0.2) is 0 Å². The van der Waals surface area contributed by atoms with Gasteiger partial charge in [-0.2, -0.15) is 0 Å². The summed E-state index contributed by atoms with van der Waals surface area (Å²) in [5, 5.41) is 26.7. The lowest BCUT2D eigenvalue weighted by Crippen LogP contribution is -2.24. The number of nitrogens with zero attached hydrogens (tertiary/aromatic N) is 4. The summed E-state index contributed by atoms with van der Waals surface area (Å²) in [6, 6.07) is 26.4. The van der Waals surface area contributed by atoms with Gasteiger partial charge in [0.25, 0.3) is 0 Å². The Morgan fingerprint density at radius 3 is 1.34 bits per heavy atom. The minimum atomic E-state index is -1.03. The van der Waals surface area contributed by atoms with Crippen LogP contribution in [0.25, 0.3) is 22.9 Å². The Kier molecular flexibility index (Phi) is 19.7. The number of carboxylic acids is 2. The number of aryl methyl sites for hydroxylation is 2. The second kappa shape index (κ2) is 26.0. The first-order chi connectivity index (χ1) is 32.7. The number of hydrogen-bond acceptors (Lipinski definition) is 12. The highest BCUT2D eigenvalue weighted by Gasteiger charge is 2.24. The van der Waals surface area contributed by atoms with Crippen LogP contribution in [0.1, 0.15) is 61.2 Å². The molecule has 6 rings (SSSR count). The monoisotopic (exact) mass is 940 g/mol. The van der Waals surface area contributed by atoms with Crippen LogP contribution in [-0.2, 0) is 44.9 Å². The Morgan fingerprint density at radius 1 is 0.603 bits per heavy atom. The van der Waals surface area contributed by atoms with Crippen molar-refractivity contribution in [3.8, 4) is 34.4 Å². The second-order valence-corrected chi connectivity index (χ2v) is 15.6. The van der Waals surface area contributed by atoms with E-state index in [1.807, 2.05) is 45.0 Å². The molecule has 0 saturated heterocycles. The van der Waals surface area contributed by atoms with Gasteiger partial charge in [-0.25, -0.2) is 23.1 Å². The fourth-order valence-corrected chi connectivity index (χ4v) is 6.57. The smallest absolute Gasteiger partial charge is 0.312 e. The maximum Gasteiger partial charge on any atom is 0.312 e. The maximum atomic E-state index is 13.1. The molecule has 2 atom stereocenters. The molecule has 2 aromatic heterocycles. The molecule has 4 aromatic carbocycles. The fourth-order valence-electron chi connectivity index (χ4n) is 6.57. The van der Waals surface area contributed by atoms with Gasteiger partial charge in [0.2, 0.25) is 11.8 Å². The first kappa shape index (κ1) is 51.6. The summed E-state index contributed by atoms with van der Waals surface area (Å²) in [6.45, 7) is 9.13. The molecular weight excluding hydrogens is 886 g/mol. The molecule has 360 valence electrons. The number of alkyl halides is 1. The van der Waals surface area contributed by atoms with Crippen LogP contribution in [-0.4, -0.2) is 76.6 Å². The van der Waals surface area contributed by atoms with Crippen molar-refractivity contribution in [1.82, 2.24) is 9.97 Å². The number of oxime groups is 2. The summed E-state index contributed by atoms with van der Waals surface area (Å²) in [5.41, 5.74) is 5.29. The molecule has 2 heterocycles. The van der Waals surface area contributed by atoms with Crippen molar-refractivity contribution in [3.63, 3.8) is 0 Å². The van der Waals surface area contributed by atoms with Gasteiger partial charge in [-0.1, -0.05) is 41.5 Å². The Labute approximate surface area is 392 Å². The summed E-state index contributed by atoms with van der Waals surface area (Å²) in [4.78, 5) is 42.1. The van der Waals surface area contributed by atoms with Gasteiger partial charge >= 0.3 is 11.9 Å². The van der Waals surface area contributed by atoms with Crippen LogP contribution in [0.4, 0.5) is 13.2 Å². The van der Waals surface area contributed by atoms with E-state index in [1.54, 1.807) is 62.4 Å². The number of hydrogen-bond donors (Lipinski definition) is 2. The second-order valence-electron chi connectivity index (χ2n) is 15.6. The Hall–Kier alpha value is -7.43. The third-order valence-corrected chi connectivity index (χ3v) is 10.4. The molecule has 0 aliphatic carbocycles. The van der Waals surface area contributed by atoms with Crippen molar-refractivity contribution in [2.45, 2.75) is 66.7 Å². The summed E-state index contributed by atoms with van der Waals surface area (Å²) < 4.78 is 61.4. The van der Waals surface area contributed by atoms with Crippen LogP contribution >= 0.6 is 0 Å². The van der Waals surface area contributed by atoms with Crippen LogP contribution in [0, 0.1) is 37.3 Å². The number of carbonyl (C=O) groups is 2. The molecule has 17 heteroatoms.